The Bertz CT molecular complexity index is 319. The van der Waals surface area contributed by atoms with Crippen molar-refractivity contribution in [3.63, 3.8) is 0 Å². The van der Waals surface area contributed by atoms with E-state index in [1.807, 2.05) is 0 Å². The molecule has 2 rings (SSSR count). The molecular weight excluding hydrogens is 181 g/mol. The highest BCUT2D eigenvalue weighted by Gasteiger charge is 2.48. The van der Waals surface area contributed by atoms with Crippen LogP contribution in [0, 0.1) is 11.2 Å². The van der Waals surface area contributed by atoms with Crippen molar-refractivity contribution in [3.05, 3.63) is 35.6 Å². The first kappa shape index (κ1) is 9.62. The standard InChI is InChI=1S/C11H14FNO/c12-9-3-1-8(2-4-9)10(14)11(7-13)5-6-11/h1-4,10,14H,5-7,13H2. The van der Waals surface area contributed by atoms with Crippen molar-refractivity contribution in [2.75, 3.05) is 6.54 Å². The Morgan fingerprint density at radius 2 is 1.93 bits per heavy atom. The summed E-state index contributed by atoms with van der Waals surface area (Å²) in [6.45, 7) is 0.492. The second-order valence-electron chi connectivity index (χ2n) is 4.02. The van der Waals surface area contributed by atoms with Gasteiger partial charge in [-0.2, -0.15) is 0 Å². The normalized spacial score (nSPS) is 20.5. The molecule has 0 radical (unpaired) electrons. The zero-order valence-electron chi connectivity index (χ0n) is 7.91. The molecule has 2 nitrogen and oxygen atoms in total. The largest absolute Gasteiger partial charge is 0.388 e. The molecule has 14 heavy (non-hydrogen) atoms. The van der Waals surface area contributed by atoms with Gasteiger partial charge in [-0.3, -0.25) is 0 Å². The van der Waals surface area contributed by atoms with E-state index in [1.165, 1.54) is 12.1 Å². The molecule has 0 saturated heterocycles. The van der Waals surface area contributed by atoms with E-state index < -0.39 is 6.10 Å². The molecule has 1 atom stereocenters. The number of hydrogen-bond donors (Lipinski definition) is 2. The minimum atomic E-state index is -0.548. The lowest BCUT2D eigenvalue weighted by atomic mass is 9.93. The molecule has 0 aromatic heterocycles. The first-order valence-electron chi connectivity index (χ1n) is 4.81. The van der Waals surface area contributed by atoms with E-state index >= 15 is 0 Å². The van der Waals surface area contributed by atoms with Crippen LogP contribution in [0.1, 0.15) is 24.5 Å². The fraction of sp³-hybridized carbons (Fsp3) is 0.455. The molecule has 3 N–H and O–H groups in total. The predicted molar refractivity (Wildman–Crippen MR) is 52.1 cm³/mol. The van der Waals surface area contributed by atoms with Gasteiger partial charge in [0, 0.05) is 12.0 Å². The van der Waals surface area contributed by atoms with Gasteiger partial charge in [0.2, 0.25) is 0 Å². The quantitative estimate of drug-likeness (QED) is 0.769. The van der Waals surface area contributed by atoms with Gasteiger partial charge in [-0.15, -0.1) is 0 Å². The monoisotopic (exact) mass is 195 g/mol. The molecule has 76 valence electrons. The van der Waals surface area contributed by atoms with Gasteiger partial charge >= 0.3 is 0 Å². The van der Waals surface area contributed by atoms with Gasteiger partial charge in [0.15, 0.2) is 0 Å². The second kappa shape index (κ2) is 3.33. The van der Waals surface area contributed by atoms with E-state index in [1.54, 1.807) is 12.1 Å². The third-order valence-corrected chi connectivity index (χ3v) is 3.06. The van der Waals surface area contributed by atoms with Crippen LogP contribution in [0.4, 0.5) is 4.39 Å². The minimum absolute atomic E-state index is 0.141. The summed E-state index contributed by atoms with van der Waals surface area (Å²) in [4.78, 5) is 0. The van der Waals surface area contributed by atoms with Crippen LogP contribution in [0.2, 0.25) is 0 Å². The first-order valence-corrected chi connectivity index (χ1v) is 4.81. The summed E-state index contributed by atoms with van der Waals surface area (Å²) in [5.41, 5.74) is 6.22. The van der Waals surface area contributed by atoms with Crippen LogP contribution in [0.5, 0.6) is 0 Å². The number of halogens is 1. The topological polar surface area (TPSA) is 46.2 Å². The molecule has 1 fully saturated rings. The van der Waals surface area contributed by atoms with Crippen LogP contribution in [-0.4, -0.2) is 11.7 Å². The van der Waals surface area contributed by atoms with Gasteiger partial charge in [0.25, 0.3) is 0 Å². The summed E-state index contributed by atoms with van der Waals surface area (Å²) >= 11 is 0. The maximum atomic E-state index is 12.6. The Morgan fingerprint density at radius 3 is 2.36 bits per heavy atom. The Morgan fingerprint density at radius 1 is 1.36 bits per heavy atom. The molecule has 1 aromatic rings. The van der Waals surface area contributed by atoms with Crippen molar-refractivity contribution < 1.29 is 9.50 Å². The Labute approximate surface area is 82.5 Å². The van der Waals surface area contributed by atoms with E-state index in [2.05, 4.69) is 0 Å². The van der Waals surface area contributed by atoms with Crippen LogP contribution in [0.25, 0.3) is 0 Å². The highest BCUT2D eigenvalue weighted by Crippen LogP contribution is 2.53. The molecule has 1 aliphatic rings. The Balaban J connectivity index is 2.19. The molecule has 0 bridgehead atoms. The van der Waals surface area contributed by atoms with E-state index in [-0.39, 0.29) is 11.2 Å². The lowest BCUT2D eigenvalue weighted by molar-refractivity contribution is 0.0975. The van der Waals surface area contributed by atoms with E-state index in [0.717, 1.165) is 18.4 Å². The summed E-state index contributed by atoms with van der Waals surface area (Å²) in [6, 6.07) is 5.97. The van der Waals surface area contributed by atoms with Crippen molar-refractivity contribution in [3.8, 4) is 0 Å². The SMILES string of the molecule is NCC1(C(O)c2ccc(F)cc2)CC1. The number of hydrogen-bond acceptors (Lipinski definition) is 2. The summed E-state index contributed by atoms with van der Waals surface area (Å²) in [7, 11) is 0. The van der Waals surface area contributed by atoms with Gasteiger partial charge in [-0.05, 0) is 30.5 Å². The second-order valence-corrected chi connectivity index (χ2v) is 4.02. The lowest BCUT2D eigenvalue weighted by Crippen LogP contribution is -2.23. The molecule has 1 aromatic carbocycles. The van der Waals surface area contributed by atoms with Crippen LogP contribution in [0.3, 0.4) is 0 Å². The average molecular weight is 195 g/mol. The van der Waals surface area contributed by atoms with Crippen molar-refractivity contribution in [1.29, 1.82) is 0 Å². The highest BCUT2D eigenvalue weighted by molar-refractivity contribution is 5.23. The zero-order chi connectivity index (χ0) is 10.2. The predicted octanol–water partition coefficient (Wildman–Crippen LogP) is 1.60. The zero-order valence-corrected chi connectivity index (χ0v) is 7.91. The molecule has 3 heteroatoms. The number of aliphatic hydroxyl groups is 1. The van der Waals surface area contributed by atoms with Gasteiger partial charge in [-0.25, -0.2) is 4.39 Å². The molecule has 1 unspecified atom stereocenters. The molecule has 0 amide bonds. The molecule has 1 saturated carbocycles. The molecular formula is C11H14FNO. The number of nitrogens with two attached hydrogens (primary N) is 1. The molecule has 0 spiro atoms. The van der Waals surface area contributed by atoms with Crippen LogP contribution in [0.15, 0.2) is 24.3 Å². The van der Waals surface area contributed by atoms with Gasteiger partial charge in [0.05, 0.1) is 6.10 Å². The smallest absolute Gasteiger partial charge is 0.123 e. The molecule has 1 aliphatic carbocycles. The van der Waals surface area contributed by atoms with E-state index in [0.29, 0.717) is 6.54 Å². The maximum absolute atomic E-state index is 12.6. The van der Waals surface area contributed by atoms with Gasteiger partial charge < -0.3 is 10.8 Å². The fourth-order valence-corrected chi connectivity index (χ4v) is 1.75. The Kier molecular flexibility index (Phi) is 2.29. The highest BCUT2D eigenvalue weighted by atomic mass is 19.1. The fourth-order valence-electron chi connectivity index (χ4n) is 1.75. The first-order chi connectivity index (χ1) is 6.68. The third-order valence-electron chi connectivity index (χ3n) is 3.06. The molecule has 0 aliphatic heterocycles. The van der Waals surface area contributed by atoms with Gasteiger partial charge in [-0.1, -0.05) is 12.1 Å². The summed E-state index contributed by atoms with van der Waals surface area (Å²) in [6.07, 6.45) is 1.37. The number of rotatable bonds is 3. The van der Waals surface area contributed by atoms with Crippen LogP contribution >= 0.6 is 0 Å². The van der Waals surface area contributed by atoms with E-state index in [9.17, 15) is 9.50 Å². The third kappa shape index (κ3) is 1.53. The van der Waals surface area contributed by atoms with Crippen molar-refractivity contribution >= 4 is 0 Å². The summed E-state index contributed by atoms with van der Waals surface area (Å²) in [5.74, 6) is -0.279. The summed E-state index contributed by atoms with van der Waals surface area (Å²) in [5, 5.41) is 10.00. The lowest BCUT2D eigenvalue weighted by Gasteiger charge is -2.20. The maximum Gasteiger partial charge on any atom is 0.123 e. The van der Waals surface area contributed by atoms with Crippen molar-refractivity contribution in [2.24, 2.45) is 11.1 Å². The molecule has 0 heterocycles. The summed E-state index contributed by atoms with van der Waals surface area (Å²) < 4.78 is 12.6. The van der Waals surface area contributed by atoms with Crippen molar-refractivity contribution in [2.45, 2.75) is 18.9 Å². The Hall–Kier alpha value is -0.930. The van der Waals surface area contributed by atoms with Crippen molar-refractivity contribution in [1.82, 2.24) is 0 Å². The average Bonchev–Trinajstić information content (AvgIpc) is 2.99. The minimum Gasteiger partial charge on any atom is -0.388 e. The number of benzene rings is 1. The van der Waals surface area contributed by atoms with Gasteiger partial charge in [0.1, 0.15) is 5.82 Å². The van der Waals surface area contributed by atoms with E-state index in [4.69, 9.17) is 5.73 Å². The van der Waals surface area contributed by atoms with Crippen LogP contribution in [-0.2, 0) is 0 Å². The van der Waals surface area contributed by atoms with Crippen LogP contribution < -0.4 is 5.73 Å². The number of aliphatic hydroxyl groups excluding tert-OH is 1.